The molecule has 0 amide bonds. The van der Waals surface area contributed by atoms with Gasteiger partial charge in [0.1, 0.15) is 5.01 Å². The number of hydrogen-bond donors (Lipinski definition) is 0. The summed E-state index contributed by atoms with van der Waals surface area (Å²) in [5, 5.41) is 1.58. The van der Waals surface area contributed by atoms with Gasteiger partial charge in [-0.05, 0) is 83.8 Å². The van der Waals surface area contributed by atoms with Crippen LogP contribution in [-0.4, -0.2) is 9.36 Å². The molecule has 0 saturated heterocycles. The first-order chi connectivity index (χ1) is 8.88. The molecule has 4 aliphatic rings. The van der Waals surface area contributed by atoms with Gasteiger partial charge in [-0.1, -0.05) is 13.8 Å². The van der Waals surface area contributed by atoms with Crippen molar-refractivity contribution >= 4 is 23.1 Å². The van der Waals surface area contributed by atoms with Crippen molar-refractivity contribution in [2.75, 3.05) is 0 Å². The van der Waals surface area contributed by atoms with Crippen LogP contribution in [0.5, 0.6) is 0 Å². The van der Waals surface area contributed by atoms with Crippen molar-refractivity contribution in [2.45, 2.75) is 58.8 Å². The van der Waals surface area contributed by atoms with Crippen molar-refractivity contribution in [2.24, 2.45) is 22.2 Å². The molecule has 2 unspecified atom stereocenters. The highest BCUT2D eigenvalue weighted by molar-refractivity contribution is 7.05. The molecule has 0 aromatic carbocycles. The quantitative estimate of drug-likeness (QED) is 0.788. The van der Waals surface area contributed by atoms with E-state index in [1.807, 2.05) is 0 Å². The van der Waals surface area contributed by atoms with Crippen LogP contribution < -0.4 is 0 Å². The minimum atomic E-state index is 0.433. The lowest BCUT2D eigenvalue weighted by molar-refractivity contribution is -0.144. The fraction of sp³-hybridized carbons (Fsp3) is 0.867. The van der Waals surface area contributed by atoms with Gasteiger partial charge in [0.15, 0.2) is 0 Å². The van der Waals surface area contributed by atoms with Crippen LogP contribution in [0.1, 0.15) is 57.4 Å². The fourth-order valence-electron chi connectivity index (χ4n) is 6.51. The lowest BCUT2D eigenvalue weighted by Gasteiger charge is -2.65. The average molecular weight is 297 g/mol. The minimum Gasteiger partial charge on any atom is -0.210 e. The highest BCUT2D eigenvalue weighted by atomic mass is 35.5. The Labute approximate surface area is 124 Å². The maximum Gasteiger partial charge on any atom is 0.234 e. The molecular formula is C15H21ClN2S. The van der Waals surface area contributed by atoms with Gasteiger partial charge in [0.25, 0.3) is 0 Å². The SMILES string of the molecule is CC12CC3CC(C)(C1)CC(Cc1nc(Cl)ns1)(C3)C2. The second-order valence-electron chi connectivity index (χ2n) is 8.26. The lowest BCUT2D eigenvalue weighted by atomic mass is 9.40. The van der Waals surface area contributed by atoms with Crippen LogP contribution in [0.3, 0.4) is 0 Å². The standard InChI is InChI=1S/C15H21ClN2S/c1-13-3-10-4-14(2,7-13)9-15(5-10,8-13)6-11-17-12(16)18-19-11/h10H,3-9H2,1-2H3. The van der Waals surface area contributed by atoms with Crippen molar-refractivity contribution in [1.82, 2.24) is 9.36 Å². The first-order valence-electron chi connectivity index (χ1n) is 7.36. The van der Waals surface area contributed by atoms with E-state index in [1.165, 1.54) is 50.1 Å². The molecule has 2 atom stereocenters. The van der Waals surface area contributed by atoms with E-state index < -0.39 is 0 Å². The first-order valence-corrected chi connectivity index (χ1v) is 8.51. The van der Waals surface area contributed by atoms with E-state index in [0.717, 1.165) is 17.3 Å². The molecule has 4 heteroatoms. The molecule has 0 N–H and O–H groups in total. The third-order valence-corrected chi connectivity index (χ3v) is 6.69. The molecule has 1 heterocycles. The second kappa shape index (κ2) is 3.73. The Morgan fingerprint density at radius 1 is 1.16 bits per heavy atom. The zero-order valence-electron chi connectivity index (χ0n) is 11.7. The molecular weight excluding hydrogens is 276 g/mol. The maximum atomic E-state index is 5.89. The van der Waals surface area contributed by atoms with Gasteiger partial charge in [0.2, 0.25) is 5.28 Å². The Morgan fingerprint density at radius 2 is 1.84 bits per heavy atom. The molecule has 1 aromatic rings. The zero-order valence-corrected chi connectivity index (χ0v) is 13.3. The Hall–Kier alpha value is -0.150. The number of halogens is 1. The Kier molecular flexibility index (Phi) is 2.47. The molecule has 104 valence electrons. The summed E-state index contributed by atoms with van der Waals surface area (Å²) in [6, 6.07) is 0. The van der Waals surface area contributed by atoms with Gasteiger partial charge in [-0.15, -0.1) is 0 Å². The molecule has 4 aliphatic carbocycles. The second-order valence-corrected chi connectivity index (χ2v) is 9.44. The largest absolute Gasteiger partial charge is 0.234 e. The van der Waals surface area contributed by atoms with Gasteiger partial charge >= 0.3 is 0 Å². The van der Waals surface area contributed by atoms with E-state index in [4.69, 9.17) is 11.6 Å². The van der Waals surface area contributed by atoms with E-state index in [9.17, 15) is 0 Å². The summed E-state index contributed by atoms with van der Waals surface area (Å²) in [4.78, 5) is 4.41. The van der Waals surface area contributed by atoms with Crippen molar-refractivity contribution in [3.05, 3.63) is 10.3 Å². The molecule has 2 nitrogen and oxygen atoms in total. The first kappa shape index (κ1) is 12.6. The van der Waals surface area contributed by atoms with Gasteiger partial charge in [-0.25, -0.2) is 4.98 Å². The van der Waals surface area contributed by atoms with E-state index >= 15 is 0 Å². The predicted octanol–water partition coefficient (Wildman–Crippen LogP) is 4.73. The Bertz CT molecular complexity index is 508. The summed E-state index contributed by atoms with van der Waals surface area (Å²) < 4.78 is 4.15. The summed E-state index contributed by atoms with van der Waals surface area (Å²) in [6.07, 6.45) is 9.67. The van der Waals surface area contributed by atoms with Crippen LogP contribution in [0, 0.1) is 22.2 Å². The van der Waals surface area contributed by atoms with Crippen molar-refractivity contribution in [1.29, 1.82) is 0 Å². The number of rotatable bonds is 2. The van der Waals surface area contributed by atoms with Crippen LogP contribution >= 0.6 is 23.1 Å². The number of hydrogen-bond acceptors (Lipinski definition) is 3. The van der Waals surface area contributed by atoms with Crippen LogP contribution in [0.15, 0.2) is 0 Å². The highest BCUT2D eigenvalue weighted by Gasteiger charge is 2.59. The zero-order chi connectivity index (χ0) is 13.3. The molecule has 5 rings (SSSR count). The topological polar surface area (TPSA) is 25.8 Å². The predicted molar refractivity (Wildman–Crippen MR) is 78.5 cm³/mol. The molecule has 4 bridgehead atoms. The van der Waals surface area contributed by atoms with Gasteiger partial charge in [0.05, 0.1) is 0 Å². The molecule has 4 fully saturated rings. The van der Waals surface area contributed by atoms with E-state index in [1.54, 1.807) is 0 Å². The third kappa shape index (κ3) is 2.04. The molecule has 0 aliphatic heterocycles. The maximum absolute atomic E-state index is 5.89. The van der Waals surface area contributed by atoms with Gasteiger partial charge in [-0.3, -0.25) is 0 Å². The van der Waals surface area contributed by atoms with E-state index in [0.29, 0.717) is 21.5 Å². The Morgan fingerprint density at radius 3 is 2.37 bits per heavy atom. The molecule has 1 aromatic heterocycles. The smallest absolute Gasteiger partial charge is 0.210 e. The van der Waals surface area contributed by atoms with Crippen molar-refractivity contribution in [3.8, 4) is 0 Å². The molecule has 4 saturated carbocycles. The van der Waals surface area contributed by atoms with Crippen LogP contribution in [0.25, 0.3) is 0 Å². The van der Waals surface area contributed by atoms with Gasteiger partial charge in [0, 0.05) is 6.42 Å². The fourth-order valence-corrected chi connectivity index (χ4v) is 7.48. The van der Waals surface area contributed by atoms with E-state index in [-0.39, 0.29) is 0 Å². The van der Waals surface area contributed by atoms with Gasteiger partial charge in [-0.2, -0.15) is 4.37 Å². The van der Waals surface area contributed by atoms with Crippen LogP contribution in [0.2, 0.25) is 5.28 Å². The summed E-state index contributed by atoms with van der Waals surface area (Å²) >= 11 is 7.39. The third-order valence-electron chi connectivity index (χ3n) is 5.71. The summed E-state index contributed by atoms with van der Waals surface area (Å²) in [6.45, 7) is 5.05. The average Bonchev–Trinajstić information content (AvgIpc) is 2.56. The summed E-state index contributed by atoms with van der Waals surface area (Å²) in [7, 11) is 0. The highest BCUT2D eigenvalue weighted by Crippen LogP contribution is 2.70. The lowest BCUT2D eigenvalue weighted by Crippen LogP contribution is -2.55. The summed E-state index contributed by atoms with van der Waals surface area (Å²) in [5.41, 5.74) is 1.66. The van der Waals surface area contributed by atoms with Crippen molar-refractivity contribution < 1.29 is 0 Å². The van der Waals surface area contributed by atoms with Crippen LogP contribution in [-0.2, 0) is 6.42 Å². The summed E-state index contributed by atoms with van der Waals surface area (Å²) in [5.74, 6) is 0.953. The van der Waals surface area contributed by atoms with Crippen LogP contribution in [0.4, 0.5) is 0 Å². The number of nitrogens with zero attached hydrogens (tertiary/aromatic N) is 2. The molecule has 0 radical (unpaired) electrons. The Balaban J connectivity index is 1.67. The minimum absolute atomic E-state index is 0.433. The van der Waals surface area contributed by atoms with Crippen molar-refractivity contribution in [3.63, 3.8) is 0 Å². The van der Waals surface area contributed by atoms with Gasteiger partial charge < -0.3 is 0 Å². The molecule has 0 spiro atoms. The molecule has 19 heavy (non-hydrogen) atoms. The van der Waals surface area contributed by atoms with E-state index in [2.05, 4.69) is 23.2 Å². The normalized spacial score (nSPS) is 47.8. The monoisotopic (exact) mass is 296 g/mol. The number of aromatic nitrogens is 2.